The standard InChI is InChI=1S/C18H16Cl2N4O2S/c1-2-26-17-12(19)7-11(8-13(17)20)9-21-24-16(25)10-27-18-22-14-5-3-4-6-15(14)23-18/h3-9H,2,10H2,1H3,(H,22,23)(H,24,25)/b21-9-. The summed E-state index contributed by atoms with van der Waals surface area (Å²) < 4.78 is 5.37. The maximum Gasteiger partial charge on any atom is 0.250 e. The molecule has 3 rings (SSSR count). The number of hydrogen-bond acceptors (Lipinski definition) is 5. The van der Waals surface area contributed by atoms with Gasteiger partial charge in [0.05, 0.1) is 39.7 Å². The Balaban J connectivity index is 1.54. The minimum Gasteiger partial charge on any atom is -0.491 e. The van der Waals surface area contributed by atoms with Crippen LogP contribution in [-0.2, 0) is 4.79 Å². The maximum absolute atomic E-state index is 11.9. The molecular weight excluding hydrogens is 407 g/mol. The first-order valence-electron chi connectivity index (χ1n) is 8.08. The summed E-state index contributed by atoms with van der Waals surface area (Å²) in [6.45, 7) is 2.31. The molecule has 0 radical (unpaired) electrons. The Labute approximate surface area is 170 Å². The summed E-state index contributed by atoms with van der Waals surface area (Å²) in [5.74, 6) is 0.367. The van der Waals surface area contributed by atoms with Crippen LogP contribution in [0, 0.1) is 0 Å². The predicted octanol–water partition coefficient (Wildman–Crippen LogP) is 4.51. The number of carbonyl (C=O) groups is 1. The molecule has 0 atom stereocenters. The molecule has 0 bridgehead atoms. The number of para-hydroxylation sites is 2. The Morgan fingerprint density at radius 3 is 2.78 bits per heavy atom. The average molecular weight is 423 g/mol. The lowest BCUT2D eigenvalue weighted by molar-refractivity contribution is -0.118. The van der Waals surface area contributed by atoms with Crippen molar-refractivity contribution in [3.63, 3.8) is 0 Å². The van der Waals surface area contributed by atoms with Crippen molar-refractivity contribution in [3.05, 3.63) is 52.0 Å². The second-order valence-corrected chi connectivity index (χ2v) is 7.17. The van der Waals surface area contributed by atoms with Crippen LogP contribution >= 0.6 is 35.0 Å². The third-order valence-corrected chi connectivity index (χ3v) is 4.85. The average Bonchev–Trinajstić information content (AvgIpc) is 3.06. The van der Waals surface area contributed by atoms with E-state index in [9.17, 15) is 4.79 Å². The van der Waals surface area contributed by atoms with E-state index in [4.69, 9.17) is 27.9 Å². The van der Waals surface area contributed by atoms with Gasteiger partial charge in [0.15, 0.2) is 10.9 Å². The number of halogens is 2. The van der Waals surface area contributed by atoms with Gasteiger partial charge in [-0.2, -0.15) is 5.10 Å². The Bertz CT molecular complexity index is 934. The number of aromatic amines is 1. The Kier molecular flexibility index (Phi) is 6.60. The summed E-state index contributed by atoms with van der Waals surface area (Å²) in [5.41, 5.74) is 4.91. The zero-order valence-electron chi connectivity index (χ0n) is 14.3. The largest absolute Gasteiger partial charge is 0.491 e. The molecule has 0 unspecified atom stereocenters. The molecule has 0 aliphatic rings. The summed E-state index contributed by atoms with van der Waals surface area (Å²) in [5, 5.41) is 5.38. The van der Waals surface area contributed by atoms with Gasteiger partial charge in [0.2, 0.25) is 0 Å². The lowest BCUT2D eigenvalue weighted by atomic mass is 10.2. The van der Waals surface area contributed by atoms with E-state index >= 15 is 0 Å². The monoisotopic (exact) mass is 422 g/mol. The molecule has 0 aliphatic carbocycles. The van der Waals surface area contributed by atoms with Crippen LogP contribution in [0.3, 0.4) is 0 Å². The van der Waals surface area contributed by atoms with Crippen molar-refractivity contribution >= 4 is 58.1 Å². The molecule has 1 amide bonds. The summed E-state index contributed by atoms with van der Waals surface area (Å²) in [6.07, 6.45) is 1.47. The number of rotatable bonds is 7. The number of imidazole rings is 1. The SMILES string of the molecule is CCOc1c(Cl)cc(/C=N\NC(=O)CSc2nc3ccccc3[nH]2)cc1Cl. The van der Waals surface area contributed by atoms with Gasteiger partial charge < -0.3 is 9.72 Å². The quantitative estimate of drug-likeness (QED) is 0.333. The molecule has 3 aromatic rings. The van der Waals surface area contributed by atoms with Crippen molar-refractivity contribution < 1.29 is 9.53 Å². The Morgan fingerprint density at radius 1 is 1.33 bits per heavy atom. The van der Waals surface area contributed by atoms with Crippen LogP contribution in [0.4, 0.5) is 0 Å². The summed E-state index contributed by atoms with van der Waals surface area (Å²) in [7, 11) is 0. The van der Waals surface area contributed by atoms with Crippen LogP contribution in [0.2, 0.25) is 10.0 Å². The van der Waals surface area contributed by atoms with Crippen molar-refractivity contribution in [2.45, 2.75) is 12.1 Å². The fourth-order valence-electron chi connectivity index (χ4n) is 2.28. The van der Waals surface area contributed by atoms with E-state index in [0.29, 0.717) is 33.1 Å². The highest BCUT2D eigenvalue weighted by molar-refractivity contribution is 7.99. The van der Waals surface area contributed by atoms with Gasteiger partial charge in [-0.3, -0.25) is 4.79 Å². The molecule has 27 heavy (non-hydrogen) atoms. The van der Waals surface area contributed by atoms with Gasteiger partial charge in [-0.15, -0.1) is 0 Å². The van der Waals surface area contributed by atoms with Gasteiger partial charge in [0, 0.05) is 0 Å². The molecule has 0 saturated heterocycles. The number of aromatic nitrogens is 2. The van der Waals surface area contributed by atoms with Crippen molar-refractivity contribution in [2.75, 3.05) is 12.4 Å². The third-order valence-electron chi connectivity index (χ3n) is 3.42. The first-order valence-corrected chi connectivity index (χ1v) is 9.82. The lowest BCUT2D eigenvalue weighted by Gasteiger charge is -2.08. The third kappa shape index (κ3) is 5.15. The van der Waals surface area contributed by atoms with Crippen molar-refractivity contribution in [3.8, 4) is 5.75 Å². The second-order valence-electron chi connectivity index (χ2n) is 5.39. The van der Waals surface area contributed by atoms with Crippen LogP contribution in [0.25, 0.3) is 11.0 Å². The molecule has 0 spiro atoms. The smallest absolute Gasteiger partial charge is 0.250 e. The van der Waals surface area contributed by atoms with Gasteiger partial charge in [-0.25, -0.2) is 10.4 Å². The molecule has 6 nitrogen and oxygen atoms in total. The van der Waals surface area contributed by atoms with E-state index in [-0.39, 0.29) is 11.7 Å². The van der Waals surface area contributed by atoms with E-state index < -0.39 is 0 Å². The van der Waals surface area contributed by atoms with Crippen LogP contribution < -0.4 is 10.2 Å². The predicted molar refractivity (Wildman–Crippen MR) is 110 cm³/mol. The molecular formula is C18H16Cl2N4O2S. The van der Waals surface area contributed by atoms with E-state index in [2.05, 4.69) is 20.5 Å². The van der Waals surface area contributed by atoms with Gasteiger partial charge in [0.25, 0.3) is 5.91 Å². The summed E-state index contributed by atoms with van der Waals surface area (Å²) in [6, 6.07) is 11.0. The topological polar surface area (TPSA) is 79.4 Å². The number of H-pyrrole nitrogens is 1. The molecule has 2 aromatic carbocycles. The van der Waals surface area contributed by atoms with Crippen molar-refractivity contribution in [1.29, 1.82) is 0 Å². The van der Waals surface area contributed by atoms with E-state index in [0.717, 1.165) is 11.0 Å². The Hall–Kier alpha value is -2.22. The molecule has 1 heterocycles. The van der Waals surface area contributed by atoms with E-state index in [1.54, 1.807) is 12.1 Å². The number of thioether (sulfide) groups is 1. The summed E-state index contributed by atoms with van der Waals surface area (Å²) in [4.78, 5) is 19.5. The van der Waals surface area contributed by atoms with Gasteiger partial charge >= 0.3 is 0 Å². The lowest BCUT2D eigenvalue weighted by Crippen LogP contribution is -2.19. The first-order chi connectivity index (χ1) is 13.1. The number of ether oxygens (including phenoxy) is 1. The highest BCUT2D eigenvalue weighted by atomic mass is 35.5. The van der Waals surface area contributed by atoms with Crippen LogP contribution in [0.1, 0.15) is 12.5 Å². The minimum atomic E-state index is -0.250. The number of carbonyl (C=O) groups excluding carboxylic acids is 1. The molecule has 140 valence electrons. The number of fused-ring (bicyclic) bond motifs is 1. The van der Waals surface area contributed by atoms with E-state index in [1.165, 1.54) is 18.0 Å². The fraction of sp³-hybridized carbons (Fsp3) is 0.167. The molecule has 0 saturated carbocycles. The second kappa shape index (κ2) is 9.12. The van der Waals surface area contributed by atoms with Crippen molar-refractivity contribution in [2.24, 2.45) is 5.10 Å². The molecule has 9 heteroatoms. The van der Waals surface area contributed by atoms with Gasteiger partial charge in [-0.1, -0.05) is 47.1 Å². The van der Waals surface area contributed by atoms with Crippen molar-refractivity contribution in [1.82, 2.24) is 15.4 Å². The number of nitrogens with zero attached hydrogens (tertiary/aromatic N) is 2. The Morgan fingerprint density at radius 2 is 2.07 bits per heavy atom. The van der Waals surface area contributed by atoms with Gasteiger partial charge in [0.1, 0.15) is 0 Å². The molecule has 0 aliphatic heterocycles. The highest BCUT2D eigenvalue weighted by Gasteiger charge is 2.09. The maximum atomic E-state index is 11.9. The summed E-state index contributed by atoms with van der Waals surface area (Å²) >= 11 is 13.6. The fourth-order valence-corrected chi connectivity index (χ4v) is 3.57. The number of hydrogen-bond donors (Lipinski definition) is 2. The first kappa shape index (κ1) is 19.5. The number of hydrazone groups is 1. The van der Waals surface area contributed by atoms with Crippen LogP contribution in [-0.4, -0.2) is 34.4 Å². The number of amides is 1. The molecule has 1 aromatic heterocycles. The zero-order valence-corrected chi connectivity index (χ0v) is 16.7. The van der Waals surface area contributed by atoms with E-state index in [1.807, 2.05) is 31.2 Å². The molecule has 2 N–H and O–H groups in total. The van der Waals surface area contributed by atoms with Crippen LogP contribution in [0.15, 0.2) is 46.7 Å². The number of benzene rings is 2. The molecule has 0 fully saturated rings. The normalized spacial score (nSPS) is 11.2. The van der Waals surface area contributed by atoms with Gasteiger partial charge in [-0.05, 0) is 36.8 Å². The highest BCUT2D eigenvalue weighted by Crippen LogP contribution is 2.33. The van der Waals surface area contributed by atoms with Crippen LogP contribution in [0.5, 0.6) is 5.75 Å². The minimum absolute atomic E-state index is 0.182. The zero-order chi connectivity index (χ0) is 19.2. The number of nitrogens with one attached hydrogen (secondary N) is 2.